The van der Waals surface area contributed by atoms with Crippen molar-refractivity contribution < 1.29 is 19.0 Å². The van der Waals surface area contributed by atoms with E-state index in [1.165, 1.54) is 0 Å². The van der Waals surface area contributed by atoms with Gasteiger partial charge in [-0.05, 0) is 36.8 Å². The van der Waals surface area contributed by atoms with Crippen LogP contribution in [0, 0.1) is 6.92 Å². The summed E-state index contributed by atoms with van der Waals surface area (Å²) in [5.74, 6) is 2.48. The summed E-state index contributed by atoms with van der Waals surface area (Å²) in [5, 5.41) is 10.6. The van der Waals surface area contributed by atoms with Gasteiger partial charge in [-0.25, -0.2) is 0 Å². The number of aryl methyl sites for hydroxylation is 1. The summed E-state index contributed by atoms with van der Waals surface area (Å²) in [6.07, 6.45) is 1.03. The minimum absolute atomic E-state index is 0.228. The van der Waals surface area contributed by atoms with E-state index in [2.05, 4.69) is 4.90 Å². The lowest BCUT2D eigenvalue weighted by atomic mass is 10.1. The van der Waals surface area contributed by atoms with Gasteiger partial charge in [-0.15, -0.1) is 0 Å². The molecule has 5 nitrogen and oxygen atoms in total. The molecule has 0 aliphatic heterocycles. The lowest BCUT2D eigenvalue weighted by Crippen LogP contribution is -2.35. The maximum Gasteiger partial charge on any atom is 0.123 e. The van der Waals surface area contributed by atoms with Gasteiger partial charge in [0.1, 0.15) is 30.0 Å². The summed E-state index contributed by atoms with van der Waals surface area (Å²) in [7, 11) is 1.67. The summed E-state index contributed by atoms with van der Waals surface area (Å²) in [6, 6.07) is 19.5. The second-order valence-electron chi connectivity index (χ2n) is 6.79. The molecule has 0 unspecified atom stereocenters. The van der Waals surface area contributed by atoms with Gasteiger partial charge in [0.05, 0.1) is 19.9 Å². The number of aliphatic hydroxyl groups excluding tert-OH is 1. The average molecular weight is 381 g/mol. The zero-order valence-corrected chi connectivity index (χ0v) is 16.4. The van der Waals surface area contributed by atoms with Gasteiger partial charge in [0, 0.05) is 18.7 Å². The summed E-state index contributed by atoms with van der Waals surface area (Å²) in [5.41, 5.74) is 2.11. The van der Waals surface area contributed by atoms with E-state index in [9.17, 15) is 5.11 Å². The number of nitrogens with zero attached hydrogens (tertiary/aromatic N) is 1. The molecule has 0 bridgehead atoms. The maximum absolute atomic E-state index is 10.6. The largest absolute Gasteiger partial charge is 0.496 e. The number of methoxy groups -OCH3 is 1. The van der Waals surface area contributed by atoms with Gasteiger partial charge >= 0.3 is 0 Å². The highest BCUT2D eigenvalue weighted by Crippen LogP contribution is 2.21. The van der Waals surface area contributed by atoms with Gasteiger partial charge in [0.15, 0.2) is 0 Å². The van der Waals surface area contributed by atoms with E-state index >= 15 is 0 Å². The number of hydrogen-bond donors (Lipinski definition) is 1. The van der Waals surface area contributed by atoms with Crippen molar-refractivity contribution in [3.8, 4) is 11.5 Å². The molecule has 0 aliphatic carbocycles. The van der Waals surface area contributed by atoms with Crippen LogP contribution in [0.5, 0.6) is 11.5 Å². The highest BCUT2D eigenvalue weighted by molar-refractivity contribution is 5.33. The molecule has 0 radical (unpaired) electrons. The summed E-state index contributed by atoms with van der Waals surface area (Å²) >= 11 is 0. The van der Waals surface area contributed by atoms with Crippen LogP contribution in [-0.2, 0) is 13.1 Å². The van der Waals surface area contributed by atoms with E-state index < -0.39 is 6.10 Å². The molecule has 0 fully saturated rings. The van der Waals surface area contributed by atoms with Crippen LogP contribution in [0.4, 0.5) is 0 Å². The first-order valence-electron chi connectivity index (χ1n) is 9.39. The topological polar surface area (TPSA) is 55.1 Å². The van der Waals surface area contributed by atoms with E-state index in [1.54, 1.807) is 13.4 Å². The third-order valence-corrected chi connectivity index (χ3v) is 4.54. The van der Waals surface area contributed by atoms with Crippen LogP contribution in [0.15, 0.2) is 71.3 Å². The third kappa shape index (κ3) is 5.62. The average Bonchev–Trinajstić information content (AvgIpc) is 3.21. The zero-order chi connectivity index (χ0) is 19.8. The van der Waals surface area contributed by atoms with E-state index in [0.29, 0.717) is 19.6 Å². The van der Waals surface area contributed by atoms with E-state index in [1.807, 2.05) is 67.6 Å². The Balaban J connectivity index is 1.65. The lowest BCUT2D eigenvalue weighted by Gasteiger charge is -2.25. The molecular formula is C23H27NO4. The van der Waals surface area contributed by atoms with Crippen molar-refractivity contribution in [3.63, 3.8) is 0 Å². The number of para-hydroxylation sites is 2. The summed E-state index contributed by atoms with van der Waals surface area (Å²) in [4.78, 5) is 2.13. The second-order valence-corrected chi connectivity index (χ2v) is 6.79. The Morgan fingerprint density at radius 2 is 1.71 bits per heavy atom. The van der Waals surface area contributed by atoms with E-state index in [4.69, 9.17) is 13.9 Å². The number of hydrogen-bond acceptors (Lipinski definition) is 5. The molecule has 0 saturated carbocycles. The van der Waals surface area contributed by atoms with Crippen LogP contribution in [0.3, 0.4) is 0 Å². The van der Waals surface area contributed by atoms with Gasteiger partial charge in [0.25, 0.3) is 0 Å². The van der Waals surface area contributed by atoms with Gasteiger partial charge in [-0.3, -0.25) is 4.90 Å². The standard InChI is InChI=1S/C23H27NO4/c1-18-8-3-5-11-22(18)28-17-20(25)15-24(16-21-10-7-13-27-21)14-19-9-4-6-12-23(19)26-2/h3-13,20,25H,14-17H2,1-2H3/t20-/m1/s1. The Labute approximate surface area is 166 Å². The number of furan rings is 1. The Kier molecular flexibility index (Phi) is 7.12. The molecule has 1 heterocycles. The number of aliphatic hydroxyl groups is 1. The summed E-state index contributed by atoms with van der Waals surface area (Å²) in [6.45, 7) is 3.89. The molecular weight excluding hydrogens is 354 g/mol. The van der Waals surface area contributed by atoms with E-state index in [0.717, 1.165) is 28.4 Å². The molecule has 0 saturated heterocycles. The molecule has 1 N–H and O–H groups in total. The monoisotopic (exact) mass is 381 g/mol. The Morgan fingerprint density at radius 3 is 2.43 bits per heavy atom. The molecule has 5 heteroatoms. The van der Waals surface area contributed by atoms with Crippen molar-refractivity contribution in [2.75, 3.05) is 20.3 Å². The maximum atomic E-state index is 10.6. The molecule has 28 heavy (non-hydrogen) atoms. The van der Waals surface area contributed by atoms with Crippen molar-refractivity contribution in [1.82, 2.24) is 4.90 Å². The number of benzene rings is 2. The lowest BCUT2D eigenvalue weighted by molar-refractivity contribution is 0.0600. The molecule has 0 spiro atoms. The van der Waals surface area contributed by atoms with Crippen LogP contribution in [-0.4, -0.2) is 36.4 Å². The van der Waals surface area contributed by atoms with Crippen LogP contribution in [0.2, 0.25) is 0 Å². The van der Waals surface area contributed by atoms with Crippen molar-refractivity contribution in [1.29, 1.82) is 0 Å². The third-order valence-electron chi connectivity index (χ3n) is 4.54. The fraction of sp³-hybridized carbons (Fsp3) is 0.304. The van der Waals surface area contributed by atoms with Crippen molar-refractivity contribution in [3.05, 3.63) is 83.8 Å². The number of rotatable bonds is 10. The first-order chi connectivity index (χ1) is 13.7. The first kappa shape index (κ1) is 20.0. The zero-order valence-electron chi connectivity index (χ0n) is 16.4. The predicted molar refractivity (Wildman–Crippen MR) is 108 cm³/mol. The van der Waals surface area contributed by atoms with E-state index in [-0.39, 0.29) is 6.61 Å². The van der Waals surface area contributed by atoms with Gasteiger partial charge in [-0.1, -0.05) is 36.4 Å². The predicted octanol–water partition coefficient (Wildman–Crippen LogP) is 4.04. The van der Waals surface area contributed by atoms with Gasteiger partial charge in [-0.2, -0.15) is 0 Å². The quantitative estimate of drug-likeness (QED) is 0.574. The molecule has 3 rings (SSSR count). The fourth-order valence-corrected chi connectivity index (χ4v) is 3.14. The second kappa shape index (κ2) is 9.97. The van der Waals surface area contributed by atoms with Crippen LogP contribution in [0.1, 0.15) is 16.9 Å². The van der Waals surface area contributed by atoms with Crippen molar-refractivity contribution >= 4 is 0 Å². The normalized spacial score (nSPS) is 12.1. The highest BCUT2D eigenvalue weighted by atomic mass is 16.5. The Bertz CT molecular complexity index is 847. The van der Waals surface area contributed by atoms with Crippen LogP contribution in [0.25, 0.3) is 0 Å². The molecule has 3 aromatic rings. The van der Waals surface area contributed by atoms with Gasteiger partial charge < -0.3 is 19.0 Å². The minimum atomic E-state index is -0.635. The molecule has 2 aromatic carbocycles. The van der Waals surface area contributed by atoms with Crippen LogP contribution >= 0.6 is 0 Å². The number of ether oxygens (including phenoxy) is 2. The first-order valence-corrected chi connectivity index (χ1v) is 9.39. The van der Waals surface area contributed by atoms with Crippen molar-refractivity contribution in [2.24, 2.45) is 0 Å². The smallest absolute Gasteiger partial charge is 0.123 e. The minimum Gasteiger partial charge on any atom is -0.496 e. The molecule has 0 aliphatic rings. The summed E-state index contributed by atoms with van der Waals surface area (Å²) < 4.78 is 16.8. The van der Waals surface area contributed by atoms with Crippen LogP contribution < -0.4 is 9.47 Å². The fourth-order valence-electron chi connectivity index (χ4n) is 3.14. The molecule has 0 amide bonds. The molecule has 1 atom stereocenters. The molecule has 1 aromatic heterocycles. The Hall–Kier alpha value is -2.76. The Morgan fingerprint density at radius 1 is 0.964 bits per heavy atom. The van der Waals surface area contributed by atoms with Crippen molar-refractivity contribution in [2.45, 2.75) is 26.1 Å². The van der Waals surface area contributed by atoms with Gasteiger partial charge in [0.2, 0.25) is 0 Å². The SMILES string of the molecule is COc1ccccc1CN(Cc1ccco1)C[C@@H](O)COc1ccccc1C. The highest BCUT2D eigenvalue weighted by Gasteiger charge is 2.17. The molecule has 148 valence electrons.